The van der Waals surface area contributed by atoms with Gasteiger partial charge in [-0.2, -0.15) is 0 Å². The van der Waals surface area contributed by atoms with Crippen molar-refractivity contribution in [3.05, 3.63) is 33.8 Å². The molecule has 0 aliphatic carbocycles. The van der Waals surface area contributed by atoms with E-state index in [2.05, 4.69) is 22.9 Å². The highest BCUT2D eigenvalue weighted by Crippen LogP contribution is 2.19. The van der Waals surface area contributed by atoms with Crippen LogP contribution >= 0.6 is 15.9 Å². The van der Waals surface area contributed by atoms with E-state index in [4.69, 9.17) is 0 Å². The Hall–Kier alpha value is -0.630. The highest BCUT2D eigenvalue weighted by Gasteiger charge is 2.09. The first-order chi connectivity index (χ1) is 9.65. The Morgan fingerprint density at radius 3 is 2.25 bits per heavy atom. The molecule has 0 aliphatic rings. The Balaban J connectivity index is 2.18. The molecule has 1 rings (SSSR count). The highest BCUT2D eigenvalue weighted by atomic mass is 79.9. The maximum Gasteiger partial charge on any atom is 0.163 e. The van der Waals surface area contributed by atoms with Crippen molar-refractivity contribution in [3.63, 3.8) is 0 Å². The highest BCUT2D eigenvalue weighted by molar-refractivity contribution is 9.10. The van der Waals surface area contributed by atoms with Gasteiger partial charge >= 0.3 is 0 Å². The predicted octanol–water partition coefficient (Wildman–Crippen LogP) is 6.47. The quantitative estimate of drug-likeness (QED) is 0.353. The normalized spacial score (nSPS) is 10.8. The molecule has 0 saturated heterocycles. The minimum atomic E-state index is 0.287. The van der Waals surface area contributed by atoms with Gasteiger partial charge in [0.1, 0.15) is 0 Å². The fourth-order valence-electron chi connectivity index (χ4n) is 2.45. The van der Waals surface area contributed by atoms with E-state index in [0.29, 0.717) is 6.42 Å². The molecule has 0 heterocycles. The molecule has 0 saturated carbocycles. The maximum absolute atomic E-state index is 12.2. The number of ketones is 1. The van der Waals surface area contributed by atoms with Crippen LogP contribution in [-0.4, -0.2) is 5.78 Å². The molecule has 0 bridgehead atoms. The molecule has 0 aliphatic heterocycles. The van der Waals surface area contributed by atoms with Gasteiger partial charge in [0.25, 0.3) is 0 Å². The Kier molecular flexibility index (Phi) is 8.84. The summed E-state index contributed by atoms with van der Waals surface area (Å²) in [5.41, 5.74) is 1.96. The summed E-state index contributed by atoms with van der Waals surface area (Å²) in [5, 5.41) is 0. The molecule has 112 valence electrons. The molecule has 0 amide bonds. The van der Waals surface area contributed by atoms with Crippen LogP contribution in [0.3, 0.4) is 0 Å². The number of hydrogen-bond acceptors (Lipinski definition) is 1. The first kappa shape index (κ1) is 17.4. The second kappa shape index (κ2) is 10.1. The first-order valence-corrected chi connectivity index (χ1v) is 8.73. The van der Waals surface area contributed by atoms with Gasteiger partial charge in [-0.15, -0.1) is 0 Å². The van der Waals surface area contributed by atoms with E-state index in [1.807, 2.05) is 25.1 Å². The molecule has 0 aromatic heterocycles. The zero-order valence-corrected chi connectivity index (χ0v) is 14.5. The van der Waals surface area contributed by atoms with Crippen LogP contribution in [0.15, 0.2) is 22.7 Å². The van der Waals surface area contributed by atoms with Crippen molar-refractivity contribution in [2.24, 2.45) is 0 Å². The summed E-state index contributed by atoms with van der Waals surface area (Å²) in [6, 6.07) is 5.94. The van der Waals surface area contributed by atoms with Crippen LogP contribution in [0.25, 0.3) is 0 Å². The second-order valence-electron chi connectivity index (χ2n) is 5.61. The van der Waals surface area contributed by atoms with E-state index in [0.717, 1.165) is 22.0 Å². The van der Waals surface area contributed by atoms with Crippen molar-refractivity contribution >= 4 is 21.7 Å². The fourth-order valence-corrected chi connectivity index (χ4v) is 2.81. The smallest absolute Gasteiger partial charge is 0.163 e. The summed E-state index contributed by atoms with van der Waals surface area (Å²) in [7, 11) is 0. The number of aryl methyl sites for hydroxylation is 1. The Bertz CT molecular complexity index is 412. The lowest BCUT2D eigenvalue weighted by molar-refractivity contribution is 0.0978. The third-order valence-corrected chi connectivity index (χ3v) is 4.25. The second-order valence-corrected chi connectivity index (χ2v) is 6.52. The molecule has 0 unspecified atom stereocenters. The van der Waals surface area contributed by atoms with Gasteiger partial charge in [-0.3, -0.25) is 4.79 Å². The van der Waals surface area contributed by atoms with E-state index >= 15 is 0 Å². The largest absolute Gasteiger partial charge is 0.294 e. The number of carbonyl (C=O) groups is 1. The number of carbonyl (C=O) groups excluding carboxylic acids is 1. The van der Waals surface area contributed by atoms with Crippen LogP contribution in [0.1, 0.15) is 80.6 Å². The van der Waals surface area contributed by atoms with Gasteiger partial charge in [-0.25, -0.2) is 0 Å². The number of halogens is 1. The molecule has 0 N–H and O–H groups in total. The minimum absolute atomic E-state index is 0.287. The average Bonchev–Trinajstić information content (AvgIpc) is 2.44. The van der Waals surface area contributed by atoms with E-state index in [1.165, 1.54) is 44.9 Å². The van der Waals surface area contributed by atoms with Gasteiger partial charge in [0, 0.05) is 16.5 Å². The van der Waals surface area contributed by atoms with Crippen LogP contribution < -0.4 is 0 Å². The molecular weight excluding hydrogens is 312 g/mol. The van der Waals surface area contributed by atoms with Gasteiger partial charge in [-0.05, 0) is 31.0 Å². The standard InChI is InChI=1S/C18H27BrO/c1-3-4-5-6-7-8-9-10-11-18(20)17-14-16(19)13-12-15(17)2/h12-14H,3-11H2,1-2H3. The first-order valence-electron chi connectivity index (χ1n) is 7.94. The van der Waals surface area contributed by atoms with Crippen molar-refractivity contribution in [1.82, 2.24) is 0 Å². The molecule has 0 radical (unpaired) electrons. The Morgan fingerprint density at radius 1 is 1.00 bits per heavy atom. The lowest BCUT2D eigenvalue weighted by Crippen LogP contribution is -2.01. The van der Waals surface area contributed by atoms with Crippen LogP contribution in [0.4, 0.5) is 0 Å². The number of rotatable bonds is 10. The van der Waals surface area contributed by atoms with Crippen molar-refractivity contribution in [2.45, 2.75) is 71.6 Å². The van der Waals surface area contributed by atoms with Gasteiger partial charge in [0.05, 0.1) is 0 Å². The molecule has 1 aromatic rings. The summed E-state index contributed by atoms with van der Waals surface area (Å²) < 4.78 is 0.988. The van der Waals surface area contributed by atoms with Crippen LogP contribution in [0, 0.1) is 6.92 Å². The zero-order chi connectivity index (χ0) is 14.8. The topological polar surface area (TPSA) is 17.1 Å². The third kappa shape index (κ3) is 6.69. The monoisotopic (exact) mass is 338 g/mol. The summed E-state index contributed by atoms with van der Waals surface area (Å²) in [5.74, 6) is 0.287. The van der Waals surface area contributed by atoms with Crippen molar-refractivity contribution < 1.29 is 4.79 Å². The predicted molar refractivity (Wildman–Crippen MR) is 90.4 cm³/mol. The third-order valence-electron chi connectivity index (χ3n) is 3.76. The number of benzene rings is 1. The molecule has 0 atom stereocenters. The van der Waals surface area contributed by atoms with Gasteiger partial charge in [-0.1, -0.05) is 73.9 Å². The molecule has 1 nitrogen and oxygen atoms in total. The molecule has 2 heteroatoms. The van der Waals surface area contributed by atoms with E-state index in [-0.39, 0.29) is 5.78 Å². The maximum atomic E-state index is 12.2. The Morgan fingerprint density at radius 2 is 1.60 bits per heavy atom. The van der Waals surface area contributed by atoms with Gasteiger partial charge in [0.2, 0.25) is 0 Å². The van der Waals surface area contributed by atoms with Crippen molar-refractivity contribution in [2.75, 3.05) is 0 Å². The van der Waals surface area contributed by atoms with E-state index < -0.39 is 0 Å². The summed E-state index contributed by atoms with van der Waals surface area (Å²) >= 11 is 3.44. The van der Waals surface area contributed by atoms with Gasteiger partial charge in [0.15, 0.2) is 5.78 Å². The average molecular weight is 339 g/mol. The van der Waals surface area contributed by atoms with Crippen LogP contribution in [0.5, 0.6) is 0 Å². The number of hydrogen-bond donors (Lipinski definition) is 0. The van der Waals surface area contributed by atoms with Crippen LogP contribution in [-0.2, 0) is 0 Å². The molecule has 1 aromatic carbocycles. The molecule has 0 spiro atoms. The zero-order valence-electron chi connectivity index (χ0n) is 12.9. The summed E-state index contributed by atoms with van der Waals surface area (Å²) in [6.07, 6.45) is 10.9. The number of Topliss-reactive ketones (excluding diaryl/α,β-unsaturated/α-hetero) is 1. The lowest BCUT2D eigenvalue weighted by atomic mass is 10.00. The minimum Gasteiger partial charge on any atom is -0.294 e. The summed E-state index contributed by atoms with van der Waals surface area (Å²) in [4.78, 5) is 12.2. The lowest BCUT2D eigenvalue weighted by Gasteiger charge is -2.06. The molecule has 20 heavy (non-hydrogen) atoms. The summed E-state index contributed by atoms with van der Waals surface area (Å²) in [6.45, 7) is 4.25. The van der Waals surface area contributed by atoms with E-state index in [1.54, 1.807) is 0 Å². The van der Waals surface area contributed by atoms with Crippen molar-refractivity contribution in [1.29, 1.82) is 0 Å². The molecule has 0 fully saturated rings. The van der Waals surface area contributed by atoms with Gasteiger partial charge < -0.3 is 0 Å². The fraction of sp³-hybridized carbons (Fsp3) is 0.611. The Labute approximate surface area is 132 Å². The van der Waals surface area contributed by atoms with E-state index in [9.17, 15) is 4.79 Å². The van der Waals surface area contributed by atoms with Crippen LogP contribution in [0.2, 0.25) is 0 Å². The number of unbranched alkanes of at least 4 members (excludes halogenated alkanes) is 7. The van der Waals surface area contributed by atoms with Crippen molar-refractivity contribution in [3.8, 4) is 0 Å². The molecular formula is C18H27BrO. The SMILES string of the molecule is CCCCCCCCCCC(=O)c1cc(Br)ccc1C.